The van der Waals surface area contributed by atoms with Gasteiger partial charge in [-0.2, -0.15) is 13.2 Å². The molecule has 1 rings (SSSR count). The first kappa shape index (κ1) is 11.8. The van der Waals surface area contributed by atoms with Crippen LogP contribution in [-0.2, 0) is 19.6 Å². The molecule has 0 saturated carbocycles. The Morgan fingerprint density at radius 2 is 1.93 bits per heavy atom. The largest absolute Gasteiger partial charge is 0.418 e. The molecule has 0 spiro atoms. The Kier molecular flexibility index (Phi) is 2.93. The van der Waals surface area contributed by atoms with Crippen molar-refractivity contribution in [3.05, 3.63) is 33.2 Å². The van der Waals surface area contributed by atoms with Crippen molar-refractivity contribution in [2.45, 2.75) is 26.4 Å². The molecule has 1 heterocycles. The second-order valence-corrected chi connectivity index (χ2v) is 3.41. The molecule has 1 aromatic heterocycles. The van der Waals surface area contributed by atoms with Crippen molar-refractivity contribution in [3.8, 4) is 0 Å². The third-order valence-corrected chi connectivity index (χ3v) is 2.42. The summed E-state index contributed by atoms with van der Waals surface area (Å²) < 4.78 is 38.7. The summed E-state index contributed by atoms with van der Waals surface area (Å²) >= 11 is 0. The molecule has 0 unspecified atom stereocenters. The van der Waals surface area contributed by atoms with Gasteiger partial charge >= 0.3 is 6.18 Å². The SMILES string of the molecule is CCc1c(C)c(C(F)(F)F)cn(C)c1=O. The highest BCUT2D eigenvalue weighted by Gasteiger charge is 2.34. The molecular formula is C10H12F3NO. The van der Waals surface area contributed by atoms with Gasteiger partial charge in [0.05, 0.1) is 5.56 Å². The van der Waals surface area contributed by atoms with Crippen LogP contribution in [0, 0.1) is 6.92 Å². The van der Waals surface area contributed by atoms with Crippen LogP contribution in [0.15, 0.2) is 11.0 Å². The Hall–Kier alpha value is -1.26. The molecule has 2 nitrogen and oxygen atoms in total. The van der Waals surface area contributed by atoms with Gasteiger partial charge in [0.15, 0.2) is 0 Å². The summed E-state index contributed by atoms with van der Waals surface area (Å²) in [5.74, 6) is 0. The minimum Gasteiger partial charge on any atom is -0.318 e. The van der Waals surface area contributed by atoms with Crippen molar-refractivity contribution in [2.24, 2.45) is 7.05 Å². The molecule has 0 radical (unpaired) electrons. The van der Waals surface area contributed by atoms with Crippen molar-refractivity contribution in [2.75, 3.05) is 0 Å². The van der Waals surface area contributed by atoms with E-state index in [1.807, 2.05) is 0 Å². The van der Waals surface area contributed by atoms with Crippen LogP contribution in [0.1, 0.15) is 23.6 Å². The van der Waals surface area contributed by atoms with Crippen LogP contribution in [0.2, 0.25) is 0 Å². The maximum Gasteiger partial charge on any atom is 0.418 e. The molecule has 0 aromatic carbocycles. The molecule has 1 aromatic rings. The van der Waals surface area contributed by atoms with E-state index in [-0.39, 0.29) is 16.7 Å². The van der Waals surface area contributed by atoms with Crippen LogP contribution in [-0.4, -0.2) is 4.57 Å². The van der Waals surface area contributed by atoms with Gasteiger partial charge < -0.3 is 4.57 Å². The van der Waals surface area contributed by atoms with E-state index in [0.717, 1.165) is 10.8 Å². The third kappa shape index (κ3) is 2.06. The average Bonchev–Trinajstić information content (AvgIpc) is 2.10. The fourth-order valence-electron chi connectivity index (χ4n) is 1.59. The zero-order chi connectivity index (χ0) is 11.8. The molecule has 0 N–H and O–H groups in total. The second kappa shape index (κ2) is 3.72. The lowest BCUT2D eigenvalue weighted by atomic mass is 10.0. The van der Waals surface area contributed by atoms with Gasteiger partial charge in [-0.1, -0.05) is 6.92 Å². The predicted molar refractivity (Wildman–Crippen MR) is 50.8 cm³/mol. The Morgan fingerprint density at radius 1 is 1.40 bits per heavy atom. The first-order chi connectivity index (χ1) is 6.79. The number of pyridine rings is 1. The van der Waals surface area contributed by atoms with Crippen LogP contribution in [0.3, 0.4) is 0 Å². The van der Waals surface area contributed by atoms with E-state index >= 15 is 0 Å². The molecule has 0 aliphatic carbocycles. The molecular weight excluding hydrogens is 207 g/mol. The number of alkyl halides is 3. The number of nitrogens with zero attached hydrogens (tertiary/aromatic N) is 1. The van der Waals surface area contributed by atoms with Gasteiger partial charge in [-0.25, -0.2) is 0 Å². The maximum absolute atomic E-state index is 12.6. The summed E-state index contributed by atoms with van der Waals surface area (Å²) in [7, 11) is 1.33. The zero-order valence-corrected chi connectivity index (χ0v) is 8.77. The summed E-state index contributed by atoms with van der Waals surface area (Å²) in [6, 6.07) is 0. The second-order valence-electron chi connectivity index (χ2n) is 3.41. The zero-order valence-electron chi connectivity index (χ0n) is 8.77. The molecule has 5 heteroatoms. The van der Waals surface area contributed by atoms with Gasteiger partial charge in [-0.3, -0.25) is 4.79 Å². The third-order valence-electron chi connectivity index (χ3n) is 2.42. The quantitative estimate of drug-likeness (QED) is 0.710. The van der Waals surface area contributed by atoms with Crippen molar-refractivity contribution < 1.29 is 13.2 Å². The van der Waals surface area contributed by atoms with E-state index in [2.05, 4.69) is 0 Å². The van der Waals surface area contributed by atoms with Gasteiger partial charge in [0, 0.05) is 18.8 Å². The summed E-state index contributed by atoms with van der Waals surface area (Å²) in [6.45, 7) is 3.01. The molecule has 15 heavy (non-hydrogen) atoms. The molecule has 84 valence electrons. The highest BCUT2D eigenvalue weighted by atomic mass is 19.4. The average molecular weight is 219 g/mol. The smallest absolute Gasteiger partial charge is 0.318 e. The van der Waals surface area contributed by atoms with Crippen LogP contribution in [0.5, 0.6) is 0 Å². The Morgan fingerprint density at radius 3 is 2.33 bits per heavy atom. The lowest BCUT2D eigenvalue weighted by Gasteiger charge is -2.14. The van der Waals surface area contributed by atoms with Crippen molar-refractivity contribution in [3.63, 3.8) is 0 Å². The van der Waals surface area contributed by atoms with Gasteiger partial charge in [-0.15, -0.1) is 0 Å². The topological polar surface area (TPSA) is 22.0 Å². The number of aryl methyl sites for hydroxylation is 1. The van der Waals surface area contributed by atoms with E-state index < -0.39 is 11.7 Å². The number of hydrogen-bond donors (Lipinski definition) is 0. The Balaban J connectivity index is 3.58. The minimum absolute atomic E-state index is 0.0353. The lowest BCUT2D eigenvalue weighted by Crippen LogP contribution is -2.25. The Bertz CT molecular complexity index is 432. The fourth-order valence-corrected chi connectivity index (χ4v) is 1.59. The van der Waals surface area contributed by atoms with E-state index in [0.29, 0.717) is 6.42 Å². The summed E-state index contributed by atoms with van der Waals surface area (Å²) in [6.07, 6.45) is -3.25. The van der Waals surface area contributed by atoms with Gasteiger partial charge in [0.1, 0.15) is 0 Å². The monoisotopic (exact) mass is 219 g/mol. The van der Waals surface area contributed by atoms with E-state index in [1.165, 1.54) is 14.0 Å². The van der Waals surface area contributed by atoms with E-state index in [4.69, 9.17) is 0 Å². The lowest BCUT2D eigenvalue weighted by molar-refractivity contribution is -0.138. The molecule has 0 saturated heterocycles. The number of halogens is 3. The van der Waals surface area contributed by atoms with Gasteiger partial charge in [-0.05, 0) is 18.9 Å². The van der Waals surface area contributed by atoms with Crippen molar-refractivity contribution in [1.82, 2.24) is 4.57 Å². The van der Waals surface area contributed by atoms with E-state index in [1.54, 1.807) is 6.92 Å². The molecule has 0 atom stereocenters. The maximum atomic E-state index is 12.6. The summed E-state index contributed by atoms with van der Waals surface area (Å²) in [5.41, 5.74) is -0.829. The molecule has 0 aliphatic heterocycles. The van der Waals surface area contributed by atoms with Crippen LogP contribution in [0.25, 0.3) is 0 Å². The standard InChI is InChI=1S/C10H12F3NO/c1-4-7-6(2)8(10(11,12)13)5-14(3)9(7)15/h5H,4H2,1-3H3. The Labute approximate surface area is 85.3 Å². The number of aromatic nitrogens is 1. The normalized spacial score (nSPS) is 11.9. The summed E-state index contributed by atoms with van der Waals surface area (Å²) in [4.78, 5) is 11.5. The molecule has 0 fully saturated rings. The number of rotatable bonds is 1. The van der Waals surface area contributed by atoms with Gasteiger partial charge in [0.2, 0.25) is 0 Å². The predicted octanol–water partition coefficient (Wildman–Crippen LogP) is 2.27. The molecule has 0 amide bonds. The highest BCUT2D eigenvalue weighted by Crippen LogP contribution is 2.31. The summed E-state index contributed by atoms with van der Waals surface area (Å²) in [5, 5.41) is 0. The van der Waals surface area contributed by atoms with Crippen molar-refractivity contribution >= 4 is 0 Å². The fraction of sp³-hybridized carbons (Fsp3) is 0.500. The van der Waals surface area contributed by atoms with Gasteiger partial charge in [0.25, 0.3) is 5.56 Å². The van der Waals surface area contributed by atoms with Crippen LogP contribution >= 0.6 is 0 Å². The number of hydrogen-bond acceptors (Lipinski definition) is 1. The van der Waals surface area contributed by atoms with Crippen LogP contribution < -0.4 is 5.56 Å². The first-order valence-electron chi connectivity index (χ1n) is 4.55. The van der Waals surface area contributed by atoms with Crippen molar-refractivity contribution in [1.29, 1.82) is 0 Å². The highest BCUT2D eigenvalue weighted by molar-refractivity contribution is 5.33. The molecule has 0 bridgehead atoms. The first-order valence-corrected chi connectivity index (χ1v) is 4.55. The van der Waals surface area contributed by atoms with E-state index in [9.17, 15) is 18.0 Å². The van der Waals surface area contributed by atoms with Crippen LogP contribution in [0.4, 0.5) is 13.2 Å². The minimum atomic E-state index is -4.40. The molecule has 0 aliphatic rings.